The number of aliphatic hydroxyl groups excluding tert-OH is 1. The molecule has 1 saturated heterocycles. The van der Waals surface area contributed by atoms with Crippen molar-refractivity contribution in [2.24, 2.45) is 5.41 Å². The molecule has 1 aliphatic heterocycles. The minimum absolute atomic E-state index is 0.0264. The number of carbonyl (C=O) groups is 4. The van der Waals surface area contributed by atoms with Gasteiger partial charge in [-0.15, -0.1) is 22.7 Å². The number of phenolic OH excluding ortho intramolecular Hbond substituents is 2. The normalized spacial score (nSPS) is 15.2. The molecule has 16 nitrogen and oxygen atoms in total. The van der Waals surface area contributed by atoms with Gasteiger partial charge in [-0.3, -0.25) is 19.2 Å². The zero-order valence-electron chi connectivity index (χ0n) is 40.2. The number of carbonyl (C=O) groups excluding carboxylic acids is 4. The van der Waals surface area contributed by atoms with E-state index in [1.54, 1.807) is 83.6 Å². The molecule has 1 fully saturated rings. The molecular weight excluding hydrogens is 949 g/mol. The van der Waals surface area contributed by atoms with Crippen molar-refractivity contribution in [2.75, 3.05) is 66.0 Å². The second-order valence-corrected chi connectivity index (χ2v) is 20.0. The Balaban J connectivity index is 0.739. The highest BCUT2D eigenvalue weighted by atomic mass is 32.1. The van der Waals surface area contributed by atoms with Gasteiger partial charge in [0.15, 0.2) is 5.78 Å². The number of amides is 3. The number of hydrogen-bond donors (Lipinski definition) is 5. The van der Waals surface area contributed by atoms with Gasteiger partial charge in [-0.05, 0) is 95.8 Å². The zero-order chi connectivity index (χ0) is 50.5. The first-order chi connectivity index (χ1) is 34.2. The van der Waals surface area contributed by atoms with E-state index in [9.17, 15) is 34.5 Å². The number of ether oxygens (including phenoxy) is 5. The van der Waals surface area contributed by atoms with Gasteiger partial charge in [0.25, 0.3) is 0 Å². The third-order valence-electron chi connectivity index (χ3n) is 11.7. The van der Waals surface area contributed by atoms with E-state index in [0.717, 1.165) is 42.2 Å². The van der Waals surface area contributed by atoms with Crippen molar-refractivity contribution in [3.8, 4) is 38.1 Å². The van der Waals surface area contributed by atoms with Crippen molar-refractivity contribution >= 4 is 56.3 Å². The molecule has 3 atom stereocenters. The van der Waals surface area contributed by atoms with Gasteiger partial charge >= 0.3 is 0 Å². The van der Waals surface area contributed by atoms with Crippen LogP contribution in [-0.4, -0.2) is 133 Å². The predicted molar refractivity (Wildman–Crippen MR) is 271 cm³/mol. The number of hydrogen-bond acceptors (Lipinski definition) is 15. The topological polar surface area (TPSA) is 215 Å². The third-order valence-corrected chi connectivity index (χ3v) is 13.9. The molecule has 3 amide bonds. The summed E-state index contributed by atoms with van der Waals surface area (Å²) in [6, 6.07) is 24.5. The Morgan fingerprint density at radius 2 is 1.38 bits per heavy atom. The van der Waals surface area contributed by atoms with Crippen LogP contribution in [0, 0.1) is 12.3 Å². The van der Waals surface area contributed by atoms with E-state index in [2.05, 4.69) is 15.6 Å². The Morgan fingerprint density at radius 3 is 2.01 bits per heavy atom. The van der Waals surface area contributed by atoms with Crippen molar-refractivity contribution in [1.82, 2.24) is 20.5 Å². The van der Waals surface area contributed by atoms with Gasteiger partial charge in [-0.1, -0.05) is 45.0 Å². The van der Waals surface area contributed by atoms with Gasteiger partial charge in [-0.25, -0.2) is 4.98 Å². The number of aromatic hydroxyl groups is 2. The van der Waals surface area contributed by atoms with Crippen LogP contribution in [0.25, 0.3) is 31.0 Å². The lowest BCUT2D eigenvalue weighted by atomic mass is 9.85. The number of aromatic nitrogens is 1. The number of β-amino-alcohol motifs (C(OH)–C–C–N with tert-alkyl or cyclic N) is 1. The van der Waals surface area contributed by atoms with Gasteiger partial charge < -0.3 is 54.5 Å². The molecule has 7 rings (SSSR count). The van der Waals surface area contributed by atoms with Crippen LogP contribution in [0.5, 0.6) is 17.2 Å². The molecule has 0 unspecified atom stereocenters. The Bertz CT molecular complexity index is 2740. The molecule has 18 heteroatoms. The molecule has 376 valence electrons. The lowest BCUT2D eigenvalue weighted by Gasteiger charge is -2.35. The fraction of sp³-hybridized carbons (Fsp3) is 0.377. The van der Waals surface area contributed by atoms with Gasteiger partial charge in [0, 0.05) is 45.6 Å². The highest BCUT2D eigenvalue weighted by molar-refractivity contribution is 7.22. The van der Waals surface area contributed by atoms with Crippen molar-refractivity contribution in [3.63, 3.8) is 0 Å². The Kier molecular flexibility index (Phi) is 18.3. The number of thiazole rings is 1. The number of aliphatic hydroxyl groups is 1. The minimum atomic E-state index is -0.977. The molecule has 0 radical (unpaired) electrons. The number of aryl methyl sites for hydroxylation is 1. The van der Waals surface area contributed by atoms with E-state index in [-0.39, 0.29) is 62.5 Å². The molecule has 2 aromatic heterocycles. The summed E-state index contributed by atoms with van der Waals surface area (Å²) in [4.78, 5) is 61.7. The molecule has 71 heavy (non-hydrogen) atoms. The van der Waals surface area contributed by atoms with Gasteiger partial charge in [0.2, 0.25) is 17.7 Å². The SMILES string of the molecule is Cc1ncsc1-c1ccc(CNC(=O)[C@@H]2C[C@@H](O)CN2C(=O)[C@@H](NC(=O)COCCOCCOCCOCCOc2ccc(C(=O)c3c(-c4ccc(O)cc4)sc4cc(O)ccc34)cc2)C(C)(C)C)cc1. The Labute approximate surface area is 420 Å². The van der Waals surface area contributed by atoms with Crippen LogP contribution in [0.1, 0.15) is 54.4 Å². The number of fused-ring (bicyclic) bond motifs is 1. The van der Waals surface area contributed by atoms with E-state index in [4.69, 9.17) is 23.7 Å². The van der Waals surface area contributed by atoms with Crippen molar-refractivity contribution in [3.05, 3.63) is 119 Å². The van der Waals surface area contributed by atoms with Crippen LogP contribution < -0.4 is 15.4 Å². The first kappa shape index (κ1) is 52.6. The largest absolute Gasteiger partial charge is 0.508 e. The number of rotatable bonds is 24. The predicted octanol–water partition coefficient (Wildman–Crippen LogP) is 6.90. The molecule has 5 N–H and O–H groups in total. The molecule has 6 aromatic rings. The van der Waals surface area contributed by atoms with Crippen LogP contribution >= 0.6 is 22.7 Å². The van der Waals surface area contributed by atoms with E-state index < -0.39 is 35.4 Å². The number of likely N-dealkylation sites (tertiary alicyclic amines) is 1. The molecule has 0 aliphatic carbocycles. The fourth-order valence-electron chi connectivity index (χ4n) is 8.00. The number of thiophene rings is 1. The number of benzene rings is 4. The van der Waals surface area contributed by atoms with Crippen molar-refractivity contribution in [2.45, 2.75) is 58.8 Å². The second kappa shape index (κ2) is 24.7. The van der Waals surface area contributed by atoms with Crippen LogP contribution in [0.15, 0.2) is 96.5 Å². The van der Waals surface area contributed by atoms with Crippen LogP contribution in [-0.2, 0) is 39.9 Å². The maximum atomic E-state index is 13.9. The highest BCUT2D eigenvalue weighted by Crippen LogP contribution is 2.41. The van der Waals surface area contributed by atoms with E-state index in [1.807, 2.05) is 52.0 Å². The third kappa shape index (κ3) is 14.2. The summed E-state index contributed by atoms with van der Waals surface area (Å²) >= 11 is 2.97. The molecule has 0 bridgehead atoms. The molecule has 0 saturated carbocycles. The molecular formula is C53H60N4O12S2. The summed E-state index contributed by atoms with van der Waals surface area (Å²) in [5, 5.41) is 36.8. The van der Waals surface area contributed by atoms with E-state index >= 15 is 0 Å². The van der Waals surface area contributed by atoms with E-state index in [1.165, 1.54) is 16.2 Å². The monoisotopic (exact) mass is 1010 g/mol. The second-order valence-electron chi connectivity index (χ2n) is 18.1. The lowest BCUT2D eigenvalue weighted by Crippen LogP contribution is -2.58. The first-order valence-electron chi connectivity index (χ1n) is 23.3. The van der Waals surface area contributed by atoms with Crippen molar-refractivity contribution in [1.29, 1.82) is 0 Å². The maximum absolute atomic E-state index is 13.9. The number of phenols is 2. The quantitative estimate of drug-likeness (QED) is 0.0309. The number of nitrogens with zero attached hydrogens (tertiary/aromatic N) is 2. The molecule has 4 aromatic carbocycles. The summed E-state index contributed by atoms with van der Waals surface area (Å²) in [5.74, 6) is -0.680. The van der Waals surface area contributed by atoms with Gasteiger partial charge in [0.05, 0.1) is 68.4 Å². The Hall–Kier alpha value is -6.25. The summed E-state index contributed by atoms with van der Waals surface area (Å²) in [6.07, 6.45) is -0.793. The van der Waals surface area contributed by atoms with Gasteiger partial charge in [0.1, 0.15) is 42.5 Å². The van der Waals surface area contributed by atoms with Crippen LogP contribution in [0.4, 0.5) is 0 Å². The van der Waals surface area contributed by atoms with Crippen molar-refractivity contribution < 1.29 is 58.2 Å². The average molecular weight is 1010 g/mol. The van der Waals surface area contributed by atoms with E-state index in [0.29, 0.717) is 56.5 Å². The summed E-state index contributed by atoms with van der Waals surface area (Å²) in [6.45, 7) is 9.63. The Morgan fingerprint density at radius 1 is 0.775 bits per heavy atom. The number of ketones is 1. The van der Waals surface area contributed by atoms with Gasteiger partial charge in [-0.2, -0.15) is 0 Å². The highest BCUT2D eigenvalue weighted by Gasteiger charge is 2.44. The van der Waals surface area contributed by atoms with Crippen LogP contribution in [0.2, 0.25) is 0 Å². The molecule has 1 aliphatic rings. The first-order valence-corrected chi connectivity index (χ1v) is 25.0. The number of nitrogens with one attached hydrogen (secondary N) is 2. The minimum Gasteiger partial charge on any atom is -0.508 e. The summed E-state index contributed by atoms with van der Waals surface area (Å²) in [7, 11) is 0. The molecule has 3 heterocycles. The smallest absolute Gasteiger partial charge is 0.246 e. The summed E-state index contributed by atoms with van der Waals surface area (Å²) in [5.41, 5.74) is 5.78. The fourth-order valence-corrected chi connectivity index (χ4v) is 10.0. The maximum Gasteiger partial charge on any atom is 0.246 e. The van der Waals surface area contributed by atoms with Crippen LogP contribution in [0.3, 0.4) is 0 Å². The lowest BCUT2D eigenvalue weighted by molar-refractivity contribution is -0.144. The summed E-state index contributed by atoms with van der Waals surface area (Å²) < 4.78 is 28.9. The zero-order valence-corrected chi connectivity index (χ0v) is 41.8. The standard InChI is InChI=1S/C53H60N4O12S2/c1-33-48(70-32-55-33)36-7-5-34(6-8-36)29-54-51(63)43-27-40(60)30-57(43)52(64)50(53(2,3)4)56-45(61)31-68-24-23-66-20-19-65-21-22-67-25-26-69-41-16-11-35(12-17-41)47(62)46-42-18-15-39(59)28-44(42)71-49(46)37-9-13-38(58)14-10-37/h5-18,28,32,40,43,50,58-60H,19-27,29-31H2,1-4H3,(H,54,63)(H,56,61)/t40-,43+,50-/m1/s1. The molecule has 0 spiro atoms. The average Bonchev–Trinajstić information content (AvgIpc) is 4.08.